The first-order valence-electron chi connectivity index (χ1n) is 8.17. The van der Waals surface area contributed by atoms with Gasteiger partial charge in [0.2, 0.25) is 0 Å². The number of nitrogens with one attached hydrogen (secondary N) is 2. The summed E-state index contributed by atoms with van der Waals surface area (Å²) in [5.41, 5.74) is 4.21. The van der Waals surface area contributed by atoms with Crippen molar-refractivity contribution in [2.24, 2.45) is 0 Å². The summed E-state index contributed by atoms with van der Waals surface area (Å²) in [7, 11) is 0. The quantitative estimate of drug-likeness (QED) is 0.912. The fourth-order valence-electron chi connectivity index (χ4n) is 3.26. The molecule has 1 aromatic heterocycles. The zero-order chi connectivity index (χ0) is 15.7. The molecule has 0 unspecified atom stereocenters. The van der Waals surface area contributed by atoms with E-state index in [9.17, 15) is 4.79 Å². The van der Waals surface area contributed by atoms with Crippen molar-refractivity contribution in [3.63, 3.8) is 0 Å². The van der Waals surface area contributed by atoms with Crippen LogP contribution in [-0.2, 0) is 0 Å². The monoisotopic (exact) mass is 299 g/mol. The molecule has 2 aromatic rings. The molecule has 1 atom stereocenters. The number of aromatic amines is 1. The first-order valence-corrected chi connectivity index (χ1v) is 8.17. The van der Waals surface area contributed by atoms with Crippen LogP contribution in [0.15, 0.2) is 18.2 Å². The lowest BCUT2D eigenvalue weighted by atomic mass is 10.1. The van der Waals surface area contributed by atoms with Crippen molar-refractivity contribution in [1.82, 2.24) is 15.2 Å². The van der Waals surface area contributed by atoms with Gasteiger partial charge in [0.25, 0.3) is 5.91 Å². The molecule has 1 saturated heterocycles. The zero-order valence-electron chi connectivity index (χ0n) is 13.7. The molecule has 1 fully saturated rings. The summed E-state index contributed by atoms with van der Waals surface area (Å²) in [6, 6.07) is 6.29. The van der Waals surface area contributed by atoms with Crippen LogP contribution in [0, 0.1) is 13.8 Å². The molecule has 1 amide bonds. The first-order chi connectivity index (χ1) is 10.6. The van der Waals surface area contributed by atoms with Crippen LogP contribution >= 0.6 is 0 Å². The Morgan fingerprint density at radius 2 is 2.05 bits per heavy atom. The SMILES string of the molecule is Cc1[nH]c2ccc(C(=O)NC[C@@H](C)N3CCCC3)cc2c1C. The van der Waals surface area contributed by atoms with Gasteiger partial charge in [0.1, 0.15) is 0 Å². The molecular formula is C18H25N3O. The third-order valence-corrected chi connectivity index (χ3v) is 4.89. The molecule has 1 aliphatic rings. The van der Waals surface area contributed by atoms with Gasteiger partial charge >= 0.3 is 0 Å². The number of rotatable bonds is 4. The lowest BCUT2D eigenvalue weighted by Gasteiger charge is -2.23. The van der Waals surface area contributed by atoms with E-state index in [1.807, 2.05) is 18.2 Å². The van der Waals surface area contributed by atoms with Gasteiger partial charge in [-0.25, -0.2) is 0 Å². The Morgan fingerprint density at radius 1 is 1.32 bits per heavy atom. The number of hydrogen-bond acceptors (Lipinski definition) is 2. The van der Waals surface area contributed by atoms with Crippen LogP contribution in [-0.4, -0.2) is 41.5 Å². The summed E-state index contributed by atoms with van der Waals surface area (Å²) >= 11 is 0. The molecule has 2 heterocycles. The van der Waals surface area contributed by atoms with E-state index < -0.39 is 0 Å². The van der Waals surface area contributed by atoms with Gasteiger partial charge in [-0.2, -0.15) is 0 Å². The highest BCUT2D eigenvalue weighted by Gasteiger charge is 2.18. The summed E-state index contributed by atoms with van der Waals surface area (Å²) in [6.45, 7) is 9.37. The Hall–Kier alpha value is -1.81. The van der Waals surface area contributed by atoms with Gasteiger partial charge in [0, 0.05) is 34.7 Å². The highest BCUT2D eigenvalue weighted by Crippen LogP contribution is 2.22. The molecule has 0 radical (unpaired) electrons. The molecule has 1 aliphatic heterocycles. The van der Waals surface area contributed by atoms with Crippen LogP contribution in [0.4, 0.5) is 0 Å². The smallest absolute Gasteiger partial charge is 0.251 e. The second-order valence-electron chi connectivity index (χ2n) is 6.44. The molecule has 0 spiro atoms. The van der Waals surface area contributed by atoms with E-state index in [4.69, 9.17) is 0 Å². The Kier molecular flexibility index (Phi) is 4.21. The van der Waals surface area contributed by atoms with E-state index in [0.29, 0.717) is 12.6 Å². The standard InChI is InChI=1S/C18H25N3O/c1-12(21-8-4-5-9-21)11-19-18(22)15-6-7-17-16(10-15)13(2)14(3)20-17/h6-7,10,12,20H,4-5,8-9,11H2,1-3H3,(H,19,22)/t12-/m1/s1. The van der Waals surface area contributed by atoms with Gasteiger partial charge in [-0.1, -0.05) is 0 Å². The van der Waals surface area contributed by atoms with E-state index in [-0.39, 0.29) is 5.91 Å². The lowest BCUT2D eigenvalue weighted by molar-refractivity contribution is 0.0940. The number of H-pyrrole nitrogens is 1. The Morgan fingerprint density at radius 3 is 2.77 bits per heavy atom. The highest BCUT2D eigenvalue weighted by atomic mass is 16.1. The van der Waals surface area contributed by atoms with Crippen molar-refractivity contribution in [3.05, 3.63) is 35.0 Å². The minimum atomic E-state index is 0.0196. The van der Waals surface area contributed by atoms with Crippen molar-refractivity contribution in [1.29, 1.82) is 0 Å². The Balaban J connectivity index is 1.68. The van der Waals surface area contributed by atoms with Crippen LogP contribution < -0.4 is 5.32 Å². The predicted molar refractivity (Wildman–Crippen MR) is 90.4 cm³/mol. The average Bonchev–Trinajstić information content (AvgIpc) is 3.14. The van der Waals surface area contributed by atoms with Gasteiger partial charge in [-0.05, 0) is 70.5 Å². The van der Waals surface area contributed by atoms with Gasteiger partial charge < -0.3 is 10.3 Å². The lowest BCUT2D eigenvalue weighted by Crippen LogP contribution is -2.40. The summed E-state index contributed by atoms with van der Waals surface area (Å²) in [4.78, 5) is 18.2. The van der Waals surface area contributed by atoms with Crippen molar-refractivity contribution < 1.29 is 4.79 Å². The number of nitrogens with zero attached hydrogens (tertiary/aromatic N) is 1. The minimum Gasteiger partial charge on any atom is -0.358 e. The van der Waals surface area contributed by atoms with E-state index in [1.165, 1.54) is 18.4 Å². The number of carbonyl (C=O) groups is 1. The minimum absolute atomic E-state index is 0.0196. The second-order valence-corrected chi connectivity index (χ2v) is 6.44. The third kappa shape index (κ3) is 2.88. The van der Waals surface area contributed by atoms with Gasteiger partial charge in [-0.15, -0.1) is 0 Å². The number of aromatic nitrogens is 1. The van der Waals surface area contributed by atoms with Gasteiger partial charge in [0.05, 0.1) is 0 Å². The molecule has 4 heteroatoms. The summed E-state index contributed by atoms with van der Waals surface area (Å²) in [5.74, 6) is 0.0196. The third-order valence-electron chi connectivity index (χ3n) is 4.89. The number of aryl methyl sites for hydroxylation is 2. The molecule has 0 aliphatic carbocycles. The van der Waals surface area contributed by atoms with Crippen LogP contribution in [0.2, 0.25) is 0 Å². The largest absolute Gasteiger partial charge is 0.358 e. The van der Waals surface area contributed by atoms with E-state index in [0.717, 1.165) is 35.2 Å². The molecular weight excluding hydrogens is 274 g/mol. The maximum Gasteiger partial charge on any atom is 0.251 e. The Labute approximate surface area is 131 Å². The molecule has 118 valence electrons. The fourth-order valence-corrected chi connectivity index (χ4v) is 3.26. The summed E-state index contributed by atoms with van der Waals surface area (Å²) < 4.78 is 0. The molecule has 1 aromatic carbocycles. The van der Waals surface area contributed by atoms with E-state index >= 15 is 0 Å². The number of amides is 1. The topological polar surface area (TPSA) is 48.1 Å². The van der Waals surface area contributed by atoms with Gasteiger partial charge in [-0.3, -0.25) is 9.69 Å². The fraction of sp³-hybridized carbons (Fsp3) is 0.500. The molecule has 2 N–H and O–H groups in total. The van der Waals surface area contributed by atoms with Crippen LogP contribution in [0.5, 0.6) is 0 Å². The molecule has 4 nitrogen and oxygen atoms in total. The summed E-state index contributed by atoms with van der Waals surface area (Å²) in [5, 5.41) is 4.21. The maximum absolute atomic E-state index is 12.4. The number of likely N-dealkylation sites (tertiary alicyclic amines) is 1. The molecule has 22 heavy (non-hydrogen) atoms. The van der Waals surface area contributed by atoms with Crippen LogP contribution in [0.25, 0.3) is 10.9 Å². The second kappa shape index (κ2) is 6.13. The van der Waals surface area contributed by atoms with E-state index in [2.05, 4.69) is 36.0 Å². The number of fused-ring (bicyclic) bond motifs is 1. The summed E-state index contributed by atoms with van der Waals surface area (Å²) in [6.07, 6.45) is 2.56. The predicted octanol–water partition coefficient (Wildman–Crippen LogP) is 3.00. The average molecular weight is 299 g/mol. The highest BCUT2D eigenvalue weighted by molar-refractivity contribution is 5.99. The Bertz CT molecular complexity index is 683. The maximum atomic E-state index is 12.4. The van der Waals surface area contributed by atoms with Gasteiger partial charge in [0.15, 0.2) is 0 Å². The van der Waals surface area contributed by atoms with Crippen LogP contribution in [0.3, 0.4) is 0 Å². The van der Waals surface area contributed by atoms with Crippen molar-refractivity contribution in [2.45, 2.75) is 39.7 Å². The normalized spacial score (nSPS) is 17.0. The molecule has 0 bridgehead atoms. The molecule has 3 rings (SSSR count). The zero-order valence-corrected chi connectivity index (χ0v) is 13.7. The van der Waals surface area contributed by atoms with Crippen LogP contribution in [0.1, 0.15) is 41.4 Å². The number of benzene rings is 1. The van der Waals surface area contributed by atoms with Crippen molar-refractivity contribution in [3.8, 4) is 0 Å². The first kappa shape index (κ1) is 15.1. The van der Waals surface area contributed by atoms with E-state index in [1.54, 1.807) is 0 Å². The number of carbonyl (C=O) groups excluding carboxylic acids is 1. The molecule has 0 saturated carbocycles. The van der Waals surface area contributed by atoms with Crippen molar-refractivity contribution >= 4 is 16.8 Å². The number of hydrogen-bond donors (Lipinski definition) is 2. The van der Waals surface area contributed by atoms with Crippen molar-refractivity contribution in [2.75, 3.05) is 19.6 Å².